The molecule has 0 radical (unpaired) electrons. The third-order valence-corrected chi connectivity index (χ3v) is 2.20. The highest BCUT2D eigenvalue weighted by Gasteiger charge is 2.20. The standard InChI is InChI=1S/C12H16F2N2O3/c1-12(2,7-17)16-11(18)15-8-5-3-4-6-9(8)19-10(13)14/h3-6,10,17H,7H2,1-2H3,(H2,15,16,18). The molecule has 0 bridgehead atoms. The molecule has 0 heterocycles. The van der Waals surface area contributed by atoms with E-state index in [-0.39, 0.29) is 18.0 Å². The molecule has 0 aliphatic heterocycles. The van der Waals surface area contributed by atoms with Crippen molar-refractivity contribution in [2.24, 2.45) is 0 Å². The highest BCUT2D eigenvalue weighted by Crippen LogP contribution is 2.25. The van der Waals surface area contributed by atoms with Gasteiger partial charge in [0.1, 0.15) is 5.75 Å². The van der Waals surface area contributed by atoms with Gasteiger partial charge < -0.3 is 20.5 Å². The third kappa shape index (κ3) is 5.09. The number of para-hydroxylation sites is 2. The summed E-state index contributed by atoms with van der Waals surface area (Å²) in [5.74, 6) is -0.130. The number of amides is 2. The third-order valence-electron chi connectivity index (χ3n) is 2.20. The molecule has 1 rings (SSSR count). The van der Waals surface area contributed by atoms with Crippen LogP contribution in [0.2, 0.25) is 0 Å². The molecule has 1 aromatic rings. The van der Waals surface area contributed by atoms with Crippen molar-refractivity contribution in [3.8, 4) is 5.75 Å². The summed E-state index contributed by atoms with van der Waals surface area (Å²) in [5, 5.41) is 13.9. The van der Waals surface area contributed by atoms with Crippen LogP contribution in [0.4, 0.5) is 19.3 Å². The van der Waals surface area contributed by atoms with Crippen molar-refractivity contribution in [3.05, 3.63) is 24.3 Å². The molecule has 0 saturated heterocycles. The zero-order valence-corrected chi connectivity index (χ0v) is 10.6. The Bertz CT molecular complexity index is 439. The Hall–Kier alpha value is -1.89. The molecule has 0 unspecified atom stereocenters. The number of nitrogens with one attached hydrogen (secondary N) is 2. The predicted octanol–water partition coefficient (Wildman–Crippen LogP) is 2.18. The largest absolute Gasteiger partial charge is 0.433 e. The fourth-order valence-electron chi connectivity index (χ4n) is 1.27. The van der Waals surface area contributed by atoms with Crippen LogP contribution in [0.1, 0.15) is 13.8 Å². The number of aliphatic hydroxyl groups is 1. The average Bonchev–Trinajstić information content (AvgIpc) is 2.30. The molecule has 0 aliphatic carbocycles. The molecule has 1 aromatic carbocycles. The van der Waals surface area contributed by atoms with Gasteiger partial charge in [-0.1, -0.05) is 12.1 Å². The summed E-state index contributed by atoms with van der Waals surface area (Å²) in [6, 6.07) is 5.22. The van der Waals surface area contributed by atoms with Crippen molar-refractivity contribution in [1.82, 2.24) is 5.32 Å². The SMILES string of the molecule is CC(C)(CO)NC(=O)Nc1ccccc1OC(F)F. The summed E-state index contributed by atoms with van der Waals surface area (Å²) < 4.78 is 28.6. The number of hydrogen-bond donors (Lipinski definition) is 3. The number of urea groups is 1. The lowest BCUT2D eigenvalue weighted by molar-refractivity contribution is -0.0493. The van der Waals surface area contributed by atoms with Gasteiger partial charge in [0, 0.05) is 0 Å². The summed E-state index contributed by atoms with van der Waals surface area (Å²) in [6.45, 7) is 0.0117. The zero-order valence-electron chi connectivity index (χ0n) is 10.6. The highest BCUT2D eigenvalue weighted by molar-refractivity contribution is 5.91. The minimum Gasteiger partial charge on any atom is -0.433 e. The molecule has 7 heteroatoms. The number of anilines is 1. The van der Waals surface area contributed by atoms with Gasteiger partial charge >= 0.3 is 12.6 Å². The van der Waals surface area contributed by atoms with Crippen LogP contribution >= 0.6 is 0 Å². The van der Waals surface area contributed by atoms with Crippen LogP contribution in [0.25, 0.3) is 0 Å². The molecule has 2 amide bonds. The molecule has 0 atom stereocenters. The fourth-order valence-corrected chi connectivity index (χ4v) is 1.27. The number of hydrogen-bond acceptors (Lipinski definition) is 3. The Labute approximate surface area is 109 Å². The number of aliphatic hydroxyl groups excluding tert-OH is 1. The van der Waals surface area contributed by atoms with E-state index in [9.17, 15) is 13.6 Å². The van der Waals surface area contributed by atoms with E-state index in [0.29, 0.717) is 0 Å². The first kappa shape index (κ1) is 15.2. The van der Waals surface area contributed by atoms with Crippen LogP contribution in [0.5, 0.6) is 5.75 Å². The summed E-state index contributed by atoms with van der Waals surface area (Å²) in [5.41, 5.74) is -0.697. The predicted molar refractivity (Wildman–Crippen MR) is 66.4 cm³/mol. The topological polar surface area (TPSA) is 70.6 Å². The molecule has 0 fully saturated rings. The van der Waals surface area contributed by atoms with Crippen LogP contribution in [0, 0.1) is 0 Å². The number of ether oxygens (including phenoxy) is 1. The molecule has 106 valence electrons. The van der Waals surface area contributed by atoms with Crippen molar-refractivity contribution >= 4 is 11.7 Å². The van der Waals surface area contributed by atoms with E-state index in [0.717, 1.165) is 0 Å². The van der Waals surface area contributed by atoms with E-state index >= 15 is 0 Å². The Kier molecular flexibility index (Phi) is 5.05. The van der Waals surface area contributed by atoms with Gasteiger partial charge in [0.15, 0.2) is 0 Å². The first-order valence-electron chi connectivity index (χ1n) is 5.58. The van der Waals surface area contributed by atoms with Crippen LogP contribution in [-0.4, -0.2) is 29.9 Å². The van der Waals surface area contributed by atoms with Gasteiger partial charge in [0.25, 0.3) is 0 Å². The van der Waals surface area contributed by atoms with Crippen molar-refractivity contribution in [2.45, 2.75) is 26.0 Å². The minimum atomic E-state index is -2.97. The van der Waals surface area contributed by atoms with Gasteiger partial charge in [-0.15, -0.1) is 0 Å². The van der Waals surface area contributed by atoms with Gasteiger partial charge in [0.2, 0.25) is 0 Å². The first-order valence-corrected chi connectivity index (χ1v) is 5.58. The lowest BCUT2D eigenvalue weighted by atomic mass is 10.1. The lowest BCUT2D eigenvalue weighted by Crippen LogP contribution is -2.48. The van der Waals surface area contributed by atoms with Crippen LogP contribution in [0.15, 0.2) is 24.3 Å². The Morgan fingerprint density at radius 3 is 2.63 bits per heavy atom. The Balaban J connectivity index is 2.74. The summed E-state index contributed by atoms with van der Waals surface area (Å²) in [4.78, 5) is 11.6. The maximum atomic E-state index is 12.2. The van der Waals surface area contributed by atoms with Crippen molar-refractivity contribution in [3.63, 3.8) is 0 Å². The number of carbonyl (C=O) groups is 1. The Morgan fingerprint density at radius 2 is 2.05 bits per heavy atom. The Morgan fingerprint density at radius 1 is 1.42 bits per heavy atom. The number of benzene rings is 1. The quantitative estimate of drug-likeness (QED) is 0.770. The van der Waals surface area contributed by atoms with E-state index in [2.05, 4.69) is 15.4 Å². The first-order chi connectivity index (χ1) is 8.84. The van der Waals surface area contributed by atoms with Crippen molar-refractivity contribution < 1.29 is 23.4 Å². The number of carbonyl (C=O) groups excluding carboxylic acids is 1. The number of rotatable bonds is 5. The molecule has 0 aromatic heterocycles. The van der Waals surface area contributed by atoms with Gasteiger partial charge in [-0.2, -0.15) is 8.78 Å². The normalized spacial score (nSPS) is 11.3. The van der Waals surface area contributed by atoms with E-state index in [1.54, 1.807) is 19.9 Å². The second-order valence-corrected chi connectivity index (χ2v) is 4.50. The number of alkyl halides is 2. The maximum absolute atomic E-state index is 12.2. The molecular weight excluding hydrogens is 258 g/mol. The lowest BCUT2D eigenvalue weighted by Gasteiger charge is -2.23. The molecule has 0 saturated carbocycles. The van der Waals surface area contributed by atoms with Crippen LogP contribution < -0.4 is 15.4 Å². The van der Waals surface area contributed by atoms with E-state index in [4.69, 9.17) is 5.11 Å². The summed E-state index contributed by atoms with van der Waals surface area (Å²) >= 11 is 0. The van der Waals surface area contributed by atoms with Crippen LogP contribution in [-0.2, 0) is 0 Å². The average molecular weight is 274 g/mol. The maximum Gasteiger partial charge on any atom is 0.387 e. The highest BCUT2D eigenvalue weighted by atomic mass is 19.3. The molecule has 5 nitrogen and oxygen atoms in total. The second-order valence-electron chi connectivity index (χ2n) is 4.50. The van der Waals surface area contributed by atoms with Gasteiger partial charge in [-0.3, -0.25) is 0 Å². The molecular formula is C12H16F2N2O3. The van der Waals surface area contributed by atoms with Gasteiger partial charge in [-0.25, -0.2) is 4.79 Å². The second kappa shape index (κ2) is 6.33. The number of halogens is 2. The monoisotopic (exact) mass is 274 g/mol. The smallest absolute Gasteiger partial charge is 0.387 e. The van der Waals surface area contributed by atoms with Crippen molar-refractivity contribution in [2.75, 3.05) is 11.9 Å². The zero-order chi connectivity index (χ0) is 14.5. The molecule has 3 N–H and O–H groups in total. The summed E-state index contributed by atoms with van der Waals surface area (Å²) in [7, 11) is 0. The molecule has 19 heavy (non-hydrogen) atoms. The molecule has 0 aliphatic rings. The van der Waals surface area contributed by atoms with Crippen LogP contribution in [0.3, 0.4) is 0 Å². The van der Waals surface area contributed by atoms with E-state index in [1.165, 1.54) is 18.2 Å². The minimum absolute atomic E-state index is 0.119. The van der Waals surface area contributed by atoms with Crippen molar-refractivity contribution in [1.29, 1.82) is 0 Å². The van der Waals surface area contributed by atoms with Gasteiger partial charge in [0.05, 0.1) is 17.8 Å². The van der Waals surface area contributed by atoms with Gasteiger partial charge in [-0.05, 0) is 26.0 Å². The fraction of sp³-hybridized carbons (Fsp3) is 0.417. The van der Waals surface area contributed by atoms with E-state index in [1.807, 2.05) is 0 Å². The summed E-state index contributed by atoms with van der Waals surface area (Å²) in [6.07, 6.45) is 0. The molecule has 0 spiro atoms. The van der Waals surface area contributed by atoms with E-state index < -0.39 is 18.2 Å².